The van der Waals surface area contributed by atoms with E-state index in [0.717, 1.165) is 31.1 Å². The maximum absolute atomic E-state index is 12.6. The molecule has 22 heavy (non-hydrogen) atoms. The van der Waals surface area contributed by atoms with Crippen LogP contribution in [0.2, 0.25) is 0 Å². The van der Waals surface area contributed by atoms with Crippen LogP contribution in [0.15, 0.2) is 12.2 Å². The Hall–Kier alpha value is -0.830. The second-order valence-corrected chi connectivity index (χ2v) is 8.38. The molecule has 0 heterocycles. The Morgan fingerprint density at radius 3 is 2.64 bits per heavy atom. The third-order valence-electron chi connectivity index (χ3n) is 6.86. The highest BCUT2D eigenvalue weighted by Gasteiger charge is 2.49. The van der Waals surface area contributed by atoms with Crippen LogP contribution in [0.1, 0.15) is 58.3 Å². The van der Waals surface area contributed by atoms with Gasteiger partial charge in [0.15, 0.2) is 0 Å². The fourth-order valence-electron chi connectivity index (χ4n) is 5.57. The van der Waals surface area contributed by atoms with Gasteiger partial charge in [0.25, 0.3) is 0 Å². The van der Waals surface area contributed by atoms with Gasteiger partial charge in [0.1, 0.15) is 5.60 Å². The summed E-state index contributed by atoms with van der Waals surface area (Å²) in [6, 6.07) is 0. The molecule has 3 nitrogen and oxygen atoms in total. The molecule has 3 fully saturated rings. The first-order valence-electron chi connectivity index (χ1n) is 9.15. The molecule has 1 N–H and O–H groups in total. The Bertz CT molecular complexity index is 485. The first-order valence-corrected chi connectivity index (χ1v) is 9.15. The van der Waals surface area contributed by atoms with Crippen LogP contribution in [0.5, 0.6) is 0 Å². The summed E-state index contributed by atoms with van der Waals surface area (Å²) in [4.78, 5) is 12.6. The minimum Gasteiger partial charge on any atom is -0.459 e. The summed E-state index contributed by atoms with van der Waals surface area (Å²) in [5.74, 6) is 1.61. The maximum Gasteiger partial charge on any atom is 0.310 e. The molecule has 0 amide bonds. The lowest BCUT2D eigenvalue weighted by Gasteiger charge is -2.44. The lowest BCUT2D eigenvalue weighted by molar-refractivity contribution is -0.171. The lowest BCUT2D eigenvalue weighted by atomic mass is 9.66. The van der Waals surface area contributed by atoms with E-state index < -0.39 is 0 Å². The fourth-order valence-corrected chi connectivity index (χ4v) is 5.57. The van der Waals surface area contributed by atoms with Gasteiger partial charge in [-0.15, -0.1) is 0 Å². The topological polar surface area (TPSA) is 46.5 Å². The first-order chi connectivity index (χ1) is 10.6. The number of rotatable bonds is 2. The first kappa shape index (κ1) is 14.7. The highest BCUT2D eigenvalue weighted by Crippen LogP contribution is 2.48. The zero-order chi connectivity index (χ0) is 15.3. The molecular formula is C19H28O3. The van der Waals surface area contributed by atoms with E-state index in [1.807, 2.05) is 6.08 Å². The van der Waals surface area contributed by atoms with Crippen molar-refractivity contribution in [1.29, 1.82) is 0 Å². The molecule has 0 aromatic carbocycles. The van der Waals surface area contributed by atoms with Gasteiger partial charge >= 0.3 is 5.97 Å². The average molecular weight is 304 g/mol. The molecule has 122 valence electrons. The number of carbonyl (C=O) groups excluding carboxylic acids is 1. The third kappa shape index (κ3) is 2.42. The van der Waals surface area contributed by atoms with E-state index in [0.29, 0.717) is 0 Å². The van der Waals surface area contributed by atoms with E-state index in [9.17, 15) is 9.90 Å². The van der Waals surface area contributed by atoms with E-state index >= 15 is 0 Å². The Labute approximate surface area is 133 Å². The Morgan fingerprint density at radius 1 is 1.18 bits per heavy atom. The molecule has 0 radical (unpaired) electrons. The Kier molecular flexibility index (Phi) is 3.60. The number of hydrogen-bond acceptors (Lipinski definition) is 3. The van der Waals surface area contributed by atoms with Gasteiger partial charge in [0.05, 0.1) is 12.0 Å². The molecule has 4 aliphatic rings. The summed E-state index contributed by atoms with van der Waals surface area (Å²) < 4.78 is 6.03. The van der Waals surface area contributed by atoms with Crippen LogP contribution in [0, 0.1) is 29.6 Å². The van der Waals surface area contributed by atoms with Gasteiger partial charge in [0, 0.05) is 11.8 Å². The molecule has 0 aromatic rings. The standard InChI is InChI=1S/C19H28O3/c1-19(9-8-12-4-2-3-5-14(12)11-19)22-18(21)16-10-13-6-7-15(16)17(13)20/h6-7,12-17,20H,2-5,8-11H2,1H3. The number of aliphatic hydroxyl groups excluding tert-OH is 1. The van der Waals surface area contributed by atoms with E-state index in [4.69, 9.17) is 4.74 Å². The number of fused-ring (bicyclic) bond motifs is 3. The van der Waals surface area contributed by atoms with Gasteiger partial charge < -0.3 is 9.84 Å². The SMILES string of the molecule is CC1(OC(=O)C2CC3C=CC2C3O)CCC2CCCCC2C1. The number of esters is 1. The lowest BCUT2D eigenvalue weighted by Crippen LogP contribution is -2.43. The second-order valence-electron chi connectivity index (χ2n) is 8.38. The van der Waals surface area contributed by atoms with Crippen molar-refractivity contribution in [1.82, 2.24) is 0 Å². The Balaban J connectivity index is 1.40. The smallest absolute Gasteiger partial charge is 0.310 e. The molecule has 3 heteroatoms. The number of hydrogen-bond donors (Lipinski definition) is 1. The van der Waals surface area contributed by atoms with Gasteiger partial charge in [-0.25, -0.2) is 0 Å². The summed E-state index contributed by atoms with van der Waals surface area (Å²) >= 11 is 0. The molecule has 7 atom stereocenters. The molecule has 0 aliphatic heterocycles. The van der Waals surface area contributed by atoms with Crippen molar-refractivity contribution in [2.45, 2.75) is 70.0 Å². The van der Waals surface area contributed by atoms with Crippen molar-refractivity contribution in [3.05, 3.63) is 12.2 Å². The molecule has 0 saturated heterocycles. The fraction of sp³-hybridized carbons (Fsp3) is 0.842. The van der Waals surface area contributed by atoms with Gasteiger partial charge in [0.2, 0.25) is 0 Å². The second kappa shape index (κ2) is 5.36. The third-order valence-corrected chi connectivity index (χ3v) is 6.86. The number of ether oxygens (including phenoxy) is 1. The highest BCUT2D eigenvalue weighted by molar-refractivity contribution is 5.74. The molecule has 2 bridgehead atoms. The summed E-state index contributed by atoms with van der Waals surface area (Å²) in [5.41, 5.74) is -0.272. The zero-order valence-corrected chi connectivity index (χ0v) is 13.5. The minimum absolute atomic E-state index is 0.00730. The summed E-state index contributed by atoms with van der Waals surface area (Å²) in [6.45, 7) is 2.13. The van der Waals surface area contributed by atoms with E-state index in [1.165, 1.54) is 32.1 Å². The van der Waals surface area contributed by atoms with Crippen LogP contribution >= 0.6 is 0 Å². The minimum atomic E-state index is -0.362. The van der Waals surface area contributed by atoms with E-state index in [2.05, 4.69) is 13.0 Å². The van der Waals surface area contributed by atoms with Crippen LogP contribution in [0.3, 0.4) is 0 Å². The molecule has 4 aliphatic carbocycles. The molecule has 0 aromatic heterocycles. The maximum atomic E-state index is 12.6. The van der Waals surface area contributed by atoms with Gasteiger partial charge in [-0.05, 0) is 44.4 Å². The highest BCUT2D eigenvalue weighted by atomic mass is 16.6. The van der Waals surface area contributed by atoms with Crippen molar-refractivity contribution < 1.29 is 14.6 Å². The summed E-state index contributed by atoms with van der Waals surface area (Å²) in [7, 11) is 0. The van der Waals surface area contributed by atoms with Crippen LogP contribution in [0.25, 0.3) is 0 Å². The molecule has 7 unspecified atom stereocenters. The normalized spacial score (nSPS) is 49.9. The van der Waals surface area contributed by atoms with Crippen LogP contribution in [-0.2, 0) is 9.53 Å². The summed E-state index contributed by atoms with van der Waals surface area (Å²) in [6.07, 6.45) is 13.2. The monoisotopic (exact) mass is 304 g/mol. The largest absolute Gasteiger partial charge is 0.459 e. The van der Waals surface area contributed by atoms with Crippen molar-refractivity contribution >= 4 is 5.97 Å². The van der Waals surface area contributed by atoms with Crippen LogP contribution < -0.4 is 0 Å². The molecular weight excluding hydrogens is 276 g/mol. The van der Waals surface area contributed by atoms with Gasteiger partial charge in [-0.2, -0.15) is 0 Å². The van der Waals surface area contributed by atoms with Gasteiger partial charge in [-0.3, -0.25) is 4.79 Å². The molecule has 3 saturated carbocycles. The predicted molar refractivity (Wildman–Crippen MR) is 84.0 cm³/mol. The van der Waals surface area contributed by atoms with Crippen LogP contribution in [-0.4, -0.2) is 22.8 Å². The van der Waals surface area contributed by atoms with E-state index in [1.54, 1.807) is 0 Å². The predicted octanol–water partition coefficient (Wildman–Crippen LogP) is 3.46. The molecule has 4 rings (SSSR count). The Morgan fingerprint density at radius 2 is 1.95 bits per heavy atom. The number of aliphatic hydroxyl groups is 1. The quantitative estimate of drug-likeness (QED) is 0.628. The summed E-state index contributed by atoms with van der Waals surface area (Å²) in [5, 5.41) is 10.1. The van der Waals surface area contributed by atoms with Crippen molar-refractivity contribution in [3.63, 3.8) is 0 Å². The number of carbonyl (C=O) groups is 1. The zero-order valence-electron chi connectivity index (χ0n) is 13.5. The van der Waals surface area contributed by atoms with Gasteiger partial charge in [-0.1, -0.05) is 37.8 Å². The van der Waals surface area contributed by atoms with Crippen LogP contribution in [0.4, 0.5) is 0 Å². The molecule has 0 spiro atoms. The van der Waals surface area contributed by atoms with Crippen molar-refractivity contribution in [3.8, 4) is 0 Å². The van der Waals surface area contributed by atoms with Crippen molar-refractivity contribution in [2.24, 2.45) is 29.6 Å². The average Bonchev–Trinajstić information content (AvgIpc) is 3.02. The van der Waals surface area contributed by atoms with E-state index in [-0.39, 0.29) is 35.4 Å². The van der Waals surface area contributed by atoms with Crippen molar-refractivity contribution in [2.75, 3.05) is 0 Å².